The van der Waals surface area contributed by atoms with Crippen molar-refractivity contribution in [2.24, 2.45) is 11.8 Å². The van der Waals surface area contributed by atoms with Crippen LogP contribution in [0.2, 0.25) is 0 Å². The number of carbonyl (C=O) groups excluding carboxylic acids is 1. The summed E-state index contributed by atoms with van der Waals surface area (Å²) in [5.74, 6) is 1.31. The second-order valence-corrected chi connectivity index (χ2v) is 6.73. The maximum atomic E-state index is 12.7. The van der Waals surface area contributed by atoms with Gasteiger partial charge in [0.1, 0.15) is 0 Å². The molecule has 1 rings (SSSR count). The minimum absolute atomic E-state index is 0.00968. The zero-order chi connectivity index (χ0) is 16.0. The number of hydrogen-bond acceptors (Lipinski definition) is 3. The van der Waals surface area contributed by atoms with Gasteiger partial charge in [0, 0.05) is 13.1 Å². The summed E-state index contributed by atoms with van der Waals surface area (Å²) in [5, 5.41) is 3.59. The van der Waals surface area contributed by atoms with Crippen LogP contribution in [0.3, 0.4) is 0 Å². The highest BCUT2D eigenvalue weighted by atomic mass is 16.2. The first-order valence-corrected chi connectivity index (χ1v) is 8.73. The molecule has 0 aromatic heterocycles. The van der Waals surface area contributed by atoms with Gasteiger partial charge in [-0.15, -0.1) is 0 Å². The van der Waals surface area contributed by atoms with Gasteiger partial charge in [-0.1, -0.05) is 48.0 Å². The van der Waals surface area contributed by atoms with E-state index in [0.29, 0.717) is 17.7 Å². The van der Waals surface area contributed by atoms with Crippen molar-refractivity contribution in [1.82, 2.24) is 15.1 Å². The molecular formula is C17H35N3O. The molecule has 0 aromatic rings. The van der Waals surface area contributed by atoms with E-state index in [1.807, 2.05) is 0 Å². The van der Waals surface area contributed by atoms with Gasteiger partial charge in [-0.3, -0.25) is 10.1 Å². The second-order valence-electron chi connectivity index (χ2n) is 6.73. The molecule has 4 heteroatoms. The van der Waals surface area contributed by atoms with E-state index in [9.17, 15) is 4.79 Å². The number of carbonyl (C=O) groups is 1. The van der Waals surface area contributed by atoms with Crippen LogP contribution in [0, 0.1) is 11.8 Å². The van der Waals surface area contributed by atoms with Crippen LogP contribution >= 0.6 is 0 Å². The van der Waals surface area contributed by atoms with Gasteiger partial charge < -0.3 is 9.80 Å². The molecule has 1 saturated heterocycles. The Morgan fingerprint density at radius 2 is 1.81 bits per heavy atom. The lowest BCUT2D eigenvalue weighted by molar-refractivity contribution is -0.131. The SMILES string of the molecule is CCC(C)C1NC(CC(C)C)N(CCN(CC)CC)C1=O. The van der Waals surface area contributed by atoms with Crippen LogP contribution < -0.4 is 5.32 Å². The minimum atomic E-state index is 0.00968. The van der Waals surface area contributed by atoms with Crippen molar-refractivity contribution in [2.45, 2.75) is 66.6 Å². The molecule has 0 aliphatic carbocycles. The van der Waals surface area contributed by atoms with E-state index in [2.05, 4.69) is 56.7 Å². The van der Waals surface area contributed by atoms with Gasteiger partial charge in [-0.2, -0.15) is 0 Å². The van der Waals surface area contributed by atoms with Crippen LogP contribution in [0.5, 0.6) is 0 Å². The Labute approximate surface area is 131 Å². The van der Waals surface area contributed by atoms with Crippen LogP contribution in [0.4, 0.5) is 0 Å². The minimum Gasteiger partial charge on any atom is -0.324 e. The Morgan fingerprint density at radius 3 is 2.29 bits per heavy atom. The fourth-order valence-electron chi connectivity index (χ4n) is 3.04. The van der Waals surface area contributed by atoms with E-state index in [1.165, 1.54) is 0 Å². The molecule has 1 heterocycles. The summed E-state index contributed by atoms with van der Waals surface area (Å²) in [4.78, 5) is 17.2. The van der Waals surface area contributed by atoms with E-state index in [-0.39, 0.29) is 12.2 Å². The first kappa shape index (κ1) is 18.4. The predicted molar refractivity (Wildman–Crippen MR) is 89.1 cm³/mol. The lowest BCUT2D eigenvalue weighted by Gasteiger charge is -2.28. The number of nitrogens with one attached hydrogen (secondary N) is 1. The molecule has 0 aromatic carbocycles. The van der Waals surface area contributed by atoms with Crippen molar-refractivity contribution in [3.8, 4) is 0 Å². The summed E-state index contributed by atoms with van der Waals surface area (Å²) in [5.41, 5.74) is 0. The van der Waals surface area contributed by atoms with E-state index < -0.39 is 0 Å². The standard InChI is InChI=1S/C17H35N3O/c1-7-14(6)16-17(21)20(11-10-19(8-2)9-3)15(18-16)12-13(4)5/h13-16,18H,7-12H2,1-6H3. The zero-order valence-electron chi connectivity index (χ0n) is 14.9. The molecule has 4 nitrogen and oxygen atoms in total. The first-order chi connectivity index (χ1) is 9.94. The molecular weight excluding hydrogens is 262 g/mol. The number of hydrogen-bond donors (Lipinski definition) is 1. The Bertz CT molecular complexity index is 315. The summed E-state index contributed by atoms with van der Waals surface area (Å²) in [6.45, 7) is 17.1. The summed E-state index contributed by atoms with van der Waals surface area (Å²) >= 11 is 0. The summed E-state index contributed by atoms with van der Waals surface area (Å²) in [7, 11) is 0. The van der Waals surface area contributed by atoms with Crippen molar-refractivity contribution in [3.05, 3.63) is 0 Å². The highest BCUT2D eigenvalue weighted by Gasteiger charge is 2.40. The third-order valence-corrected chi connectivity index (χ3v) is 4.76. The number of amides is 1. The Kier molecular flexibility index (Phi) is 7.67. The van der Waals surface area contributed by atoms with Gasteiger partial charge in [-0.25, -0.2) is 0 Å². The largest absolute Gasteiger partial charge is 0.324 e. The third kappa shape index (κ3) is 4.96. The molecule has 0 spiro atoms. The van der Waals surface area contributed by atoms with Gasteiger partial charge in [0.25, 0.3) is 0 Å². The molecule has 0 radical (unpaired) electrons. The molecule has 21 heavy (non-hydrogen) atoms. The van der Waals surface area contributed by atoms with E-state index in [4.69, 9.17) is 0 Å². The molecule has 0 saturated carbocycles. The molecule has 3 unspecified atom stereocenters. The molecule has 0 bridgehead atoms. The normalized spacial score (nSPS) is 24.4. The quantitative estimate of drug-likeness (QED) is 0.710. The van der Waals surface area contributed by atoms with Crippen molar-refractivity contribution < 1.29 is 4.79 Å². The van der Waals surface area contributed by atoms with Gasteiger partial charge in [0.15, 0.2) is 0 Å². The lowest BCUT2D eigenvalue weighted by atomic mass is 9.99. The smallest absolute Gasteiger partial charge is 0.241 e. The number of nitrogens with zero attached hydrogens (tertiary/aromatic N) is 2. The molecule has 1 aliphatic rings. The summed E-state index contributed by atoms with van der Waals surface area (Å²) in [6, 6.07) is 0.00968. The van der Waals surface area contributed by atoms with E-state index >= 15 is 0 Å². The molecule has 1 aliphatic heterocycles. The van der Waals surface area contributed by atoms with Crippen LogP contribution in [0.1, 0.15) is 54.4 Å². The van der Waals surface area contributed by atoms with Gasteiger partial charge >= 0.3 is 0 Å². The van der Waals surface area contributed by atoms with Crippen LogP contribution in [0.25, 0.3) is 0 Å². The van der Waals surface area contributed by atoms with Crippen LogP contribution in [-0.4, -0.2) is 54.1 Å². The number of likely N-dealkylation sites (N-methyl/N-ethyl adjacent to an activating group) is 1. The molecule has 1 N–H and O–H groups in total. The topological polar surface area (TPSA) is 35.6 Å². The molecule has 1 fully saturated rings. The molecule has 1 amide bonds. The first-order valence-electron chi connectivity index (χ1n) is 8.73. The van der Waals surface area contributed by atoms with Gasteiger partial charge in [0.05, 0.1) is 12.2 Å². The van der Waals surface area contributed by atoms with Crippen molar-refractivity contribution >= 4 is 5.91 Å². The fraction of sp³-hybridized carbons (Fsp3) is 0.941. The molecule has 3 atom stereocenters. The second kappa shape index (κ2) is 8.74. The zero-order valence-corrected chi connectivity index (χ0v) is 14.9. The van der Waals surface area contributed by atoms with Crippen molar-refractivity contribution in [2.75, 3.05) is 26.2 Å². The number of rotatable bonds is 9. The van der Waals surface area contributed by atoms with Crippen LogP contribution in [-0.2, 0) is 4.79 Å². The average Bonchev–Trinajstić information content (AvgIpc) is 2.75. The Balaban J connectivity index is 2.72. The highest BCUT2D eigenvalue weighted by molar-refractivity contribution is 5.84. The summed E-state index contributed by atoms with van der Waals surface area (Å²) in [6.07, 6.45) is 2.30. The third-order valence-electron chi connectivity index (χ3n) is 4.76. The van der Waals surface area contributed by atoms with E-state index in [1.54, 1.807) is 0 Å². The Morgan fingerprint density at radius 1 is 1.19 bits per heavy atom. The lowest BCUT2D eigenvalue weighted by Crippen LogP contribution is -2.43. The molecule has 124 valence electrons. The van der Waals surface area contributed by atoms with Crippen molar-refractivity contribution in [1.29, 1.82) is 0 Å². The van der Waals surface area contributed by atoms with Gasteiger partial charge in [-0.05, 0) is 31.3 Å². The van der Waals surface area contributed by atoms with Crippen molar-refractivity contribution in [3.63, 3.8) is 0 Å². The maximum Gasteiger partial charge on any atom is 0.241 e. The van der Waals surface area contributed by atoms with Gasteiger partial charge in [0.2, 0.25) is 5.91 Å². The monoisotopic (exact) mass is 297 g/mol. The summed E-state index contributed by atoms with van der Waals surface area (Å²) < 4.78 is 0. The maximum absolute atomic E-state index is 12.7. The predicted octanol–water partition coefficient (Wildman–Crippen LogP) is 2.55. The highest BCUT2D eigenvalue weighted by Crippen LogP contribution is 2.23. The average molecular weight is 297 g/mol. The van der Waals surface area contributed by atoms with Crippen LogP contribution in [0.15, 0.2) is 0 Å². The Hall–Kier alpha value is -0.610. The van der Waals surface area contributed by atoms with E-state index in [0.717, 1.165) is 39.0 Å². The fourth-order valence-corrected chi connectivity index (χ4v) is 3.04.